The van der Waals surface area contributed by atoms with Crippen LogP contribution < -0.4 is 5.73 Å². The highest BCUT2D eigenvalue weighted by molar-refractivity contribution is 5.85. The van der Waals surface area contributed by atoms with Crippen molar-refractivity contribution in [2.45, 2.75) is 19.4 Å². The van der Waals surface area contributed by atoms with Gasteiger partial charge in [-0.2, -0.15) is 0 Å². The van der Waals surface area contributed by atoms with Gasteiger partial charge in [-0.25, -0.2) is 0 Å². The van der Waals surface area contributed by atoms with Gasteiger partial charge in [-0.1, -0.05) is 30.3 Å². The van der Waals surface area contributed by atoms with Crippen LogP contribution in [0.3, 0.4) is 0 Å². The first-order valence-electron chi connectivity index (χ1n) is 4.53. The van der Waals surface area contributed by atoms with Crippen molar-refractivity contribution in [1.29, 1.82) is 0 Å². The Bertz CT molecular complexity index is 312. The van der Waals surface area contributed by atoms with Crippen molar-refractivity contribution >= 4 is 18.4 Å². The summed E-state index contributed by atoms with van der Waals surface area (Å²) in [6.07, 6.45) is 0. The molecule has 4 heteroatoms. The lowest BCUT2D eigenvalue weighted by atomic mass is 9.98. The Hall–Kier alpha value is -1.06. The summed E-state index contributed by atoms with van der Waals surface area (Å²) < 4.78 is 5.21. The van der Waals surface area contributed by atoms with E-state index in [0.29, 0.717) is 0 Å². The standard InChI is InChI=1S/C11H15NO2.ClH/c1-11(2,14-10(13)8-12)9-6-4-3-5-7-9;/h3-7H,8,12H2,1-2H3;1H. The molecule has 0 aliphatic rings. The molecule has 0 aliphatic heterocycles. The number of esters is 1. The average molecular weight is 230 g/mol. The molecule has 0 aliphatic carbocycles. The monoisotopic (exact) mass is 229 g/mol. The van der Waals surface area contributed by atoms with Crippen LogP contribution in [-0.4, -0.2) is 12.5 Å². The van der Waals surface area contributed by atoms with Gasteiger partial charge < -0.3 is 10.5 Å². The van der Waals surface area contributed by atoms with Crippen molar-refractivity contribution in [2.75, 3.05) is 6.54 Å². The maximum atomic E-state index is 11.1. The van der Waals surface area contributed by atoms with Gasteiger partial charge in [0.25, 0.3) is 0 Å². The molecule has 0 amide bonds. The summed E-state index contributed by atoms with van der Waals surface area (Å²) in [5.41, 5.74) is 5.53. The van der Waals surface area contributed by atoms with E-state index in [-0.39, 0.29) is 24.9 Å². The van der Waals surface area contributed by atoms with Crippen LogP contribution in [0.1, 0.15) is 19.4 Å². The highest BCUT2D eigenvalue weighted by Crippen LogP contribution is 2.23. The molecule has 15 heavy (non-hydrogen) atoms. The molecular formula is C11H16ClNO2. The van der Waals surface area contributed by atoms with Crippen molar-refractivity contribution in [3.63, 3.8) is 0 Å². The number of hydrogen-bond acceptors (Lipinski definition) is 3. The number of rotatable bonds is 3. The minimum Gasteiger partial charge on any atom is -0.454 e. The minimum absolute atomic E-state index is 0. The Morgan fingerprint density at radius 3 is 2.33 bits per heavy atom. The molecule has 1 aromatic carbocycles. The lowest BCUT2D eigenvalue weighted by molar-refractivity contribution is -0.155. The van der Waals surface area contributed by atoms with E-state index in [9.17, 15) is 4.79 Å². The zero-order chi connectivity index (χ0) is 10.6. The molecule has 0 bridgehead atoms. The summed E-state index contributed by atoms with van der Waals surface area (Å²) in [7, 11) is 0. The van der Waals surface area contributed by atoms with Crippen molar-refractivity contribution in [3.8, 4) is 0 Å². The Labute approximate surface area is 96.0 Å². The lowest BCUT2D eigenvalue weighted by Gasteiger charge is -2.25. The van der Waals surface area contributed by atoms with Gasteiger partial charge in [0.15, 0.2) is 0 Å². The maximum absolute atomic E-state index is 11.1. The molecule has 0 spiro atoms. The summed E-state index contributed by atoms with van der Waals surface area (Å²) in [4.78, 5) is 11.1. The molecule has 2 N–H and O–H groups in total. The maximum Gasteiger partial charge on any atom is 0.320 e. The van der Waals surface area contributed by atoms with Crippen LogP contribution in [0.5, 0.6) is 0 Å². The van der Waals surface area contributed by atoms with E-state index in [2.05, 4.69) is 0 Å². The molecular weight excluding hydrogens is 214 g/mol. The molecule has 0 atom stereocenters. The predicted molar refractivity (Wildman–Crippen MR) is 61.9 cm³/mol. The third-order valence-electron chi connectivity index (χ3n) is 2.00. The summed E-state index contributed by atoms with van der Waals surface area (Å²) >= 11 is 0. The molecule has 0 unspecified atom stereocenters. The summed E-state index contributed by atoms with van der Waals surface area (Å²) in [5, 5.41) is 0. The second-order valence-electron chi connectivity index (χ2n) is 3.55. The Kier molecular flexibility index (Phi) is 5.33. The van der Waals surface area contributed by atoms with Gasteiger partial charge in [0, 0.05) is 0 Å². The topological polar surface area (TPSA) is 52.3 Å². The first-order valence-corrected chi connectivity index (χ1v) is 4.53. The van der Waals surface area contributed by atoms with Crippen molar-refractivity contribution in [2.24, 2.45) is 5.73 Å². The fourth-order valence-electron chi connectivity index (χ4n) is 1.22. The van der Waals surface area contributed by atoms with Gasteiger partial charge in [0.05, 0.1) is 6.54 Å². The SMILES string of the molecule is CC(C)(OC(=O)CN)c1ccccc1.Cl. The van der Waals surface area contributed by atoms with E-state index < -0.39 is 5.60 Å². The summed E-state index contributed by atoms with van der Waals surface area (Å²) in [6, 6.07) is 9.58. The van der Waals surface area contributed by atoms with Gasteiger partial charge in [0.1, 0.15) is 5.60 Å². The van der Waals surface area contributed by atoms with Crippen LogP contribution in [0.25, 0.3) is 0 Å². The third-order valence-corrected chi connectivity index (χ3v) is 2.00. The highest BCUT2D eigenvalue weighted by atomic mass is 35.5. The van der Waals surface area contributed by atoms with E-state index >= 15 is 0 Å². The smallest absolute Gasteiger partial charge is 0.320 e. The number of carbonyl (C=O) groups is 1. The van der Waals surface area contributed by atoms with Crippen molar-refractivity contribution in [3.05, 3.63) is 35.9 Å². The fraction of sp³-hybridized carbons (Fsp3) is 0.364. The first-order chi connectivity index (χ1) is 6.56. The van der Waals surface area contributed by atoms with E-state index in [4.69, 9.17) is 10.5 Å². The lowest BCUT2D eigenvalue weighted by Crippen LogP contribution is -2.29. The van der Waals surface area contributed by atoms with E-state index in [0.717, 1.165) is 5.56 Å². The highest BCUT2D eigenvalue weighted by Gasteiger charge is 2.24. The summed E-state index contributed by atoms with van der Waals surface area (Å²) in [5.74, 6) is -0.390. The van der Waals surface area contributed by atoms with Gasteiger partial charge in [-0.15, -0.1) is 12.4 Å². The van der Waals surface area contributed by atoms with Crippen LogP contribution in [0.2, 0.25) is 0 Å². The van der Waals surface area contributed by atoms with E-state index in [1.807, 2.05) is 44.2 Å². The minimum atomic E-state index is -0.613. The zero-order valence-electron chi connectivity index (χ0n) is 8.90. The number of ether oxygens (including phenoxy) is 1. The number of hydrogen-bond donors (Lipinski definition) is 1. The first kappa shape index (κ1) is 13.9. The van der Waals surface area contributed by atoms with Gasteiger partial charge in [0.2, 0.25) is 0 Å². The molecule has 84 valence electrons. The molecule has 0 radical (unpaired) electrons. The molecule has 0 heterocycles. The molecule has 0 saturated heterocycles. The average Bonchev–Trinajstić information content (AvgIpc) is 2.18. The summed E-state index contributed by atoms with van der Waals surface area (Å²) in [6.45, 7) is 3.60. The normalized spacial score (nSPS) is 10.3. The number of nitrogens with two attached hydrogens (primary N) is 1. The van der Waals surface area contributed by atoms with Crippen molar-refractivity contribution in [1.82, 2.24) is 0 Å². The molecule has 1 rings (SSSR count). The fourth-order valence-corrected chi connectivity index (χ4v) is 1.22. The van der Waals surface area contributed by atoms with E-state index in [1.54, 1.807) is 0 Å². The van der Waals surface area contributed by atoms with Crippen LogP contribution in [0.4, 0.5) is 0 Å². The molecule has 0 fully saturated rings. The second-order valence-corrected chi connectivity index (χ2v) is 3.55. The van der Waals surface area contributed by atoms with Crippen LogP contribution in [0, 0.1) is 0 Å². The molecule has 0 aromatic heterocycles. The van der Waals surface area contributed by atoms with E-state index in [1.165, 1.54) is 0 Å². The third kappa shape index (κ3) is 3.90. The predicted octanol–water partition coefficient (Wildman–Crippen LogP) is 1.85. The number of halogens is 1. The molecule has 0 saturated carbocycles. The number of carbonyl (C=O) groups excluding carboxylic acids is 1. The van der Waals surface area contributed by atoms with Crippen LogP contribution >= 0.6 is 12.4 Å². The molecule has 1 aromatic rings. The van der Waals surface area contributed by atoms with Crippen molar-refractivity contribution < 1.29 is 9.53 Å². The zero-order valence-corrected chi connectivity index (χ0v) is 9.71. The van der Waals surface area contributed by atoms with Gasteiger partial charge in [-0.05, 0) is 19.4 Å². The Balaban J connectivity index is 0.00000196. The molecule has 3 nitrogen and oxygen atoms in total. The number of benzene rings is 1. The van der Waals surface area contributed by atoms with Gasteiger partial charge >= 0.3 is 5.97 Å². The van der Waals surface area contributed by atoms with Gasteiger partial charge in [-0.3, -0.25) is 4.79 Å². The van der Waals surface area contributed by atoms with Crippen LogP contribution in [-0.2, 0) is 15.1 Å². The Morgan fingerprint density at radius 1 is 1.33 bits per heavy atom. The second kappa shape index (κ2) is 5.73. The van der Waals surface area contributed by atoms with Crippen LogP contribution in [0.15, 0.2) is 30.3 Å². The largest absolute Gasteiger partial charge is 0.454 e. The quantitative estimate of drug-likeness (QED) is 0.805. The Morgan fingerprint density at radius 2 is 1.87 bits per heavy atom.